The van der Waals surface area contributed by atoms with E-state index in [1.165, 1.54) is 18.4 Å². The Balaban J connectivity index is 1.96. The molecule has 30 heavy (non-hydrogen) atoms. The summed E-state index contributed by atoms with van der Waals surface area (Å²) in [4.78, 5) is 63.3. The van der Waals surface area contributed by atoms with Gasteiger partial charge in [0.2, 0.25) is 5.91 Å². The maximum atomic E-state index is 11.7. The van der Waals surface area contributed by atoms with Crippen molar-refractivity contribution in [1.82, 2.24) is 10.2 Å². The molecule has 0 aromatic carbocycles. The highest BCUT2D eigenvalue weighted by atomic mass is 16.6. The average Bonchev–Trinajstić information content (AvgIpc) is 3.02. The van der Waals surface area contributed by atoms with Crippen LogP contribution in [-0.4, -0.2) is 73.3 Å². The van der Waals surface area contributed by atoms with E-state index < -0.39 is 11.8 Å². The van der Waals surface area contributed by atoms with Gasteiger partial charge in [0.25, 0.3) is 11.8 Å². The van der Waals surface area contributed by atoms with E-state index in [9.17, 15) is 24.0 Å². The highest BCUT2D eigenvalue weighted by molar-refractivity contribution is 6.13. The molecule has 0 aliphatic carbocycles. The van der Waals surface area contributed by atoms with Crippen molar-refractivity contribution in [1.29, 1.82) is 0 Å². The van der Waals surface area contributed by atoms with E-state index in [2.05, 4.69) is 10.5 Å². The van der Waals surface area contributed by atoms with Crippen LogP contribution < -0.4 is 5.32 Å². The van der Waals surface area contributed by atoms with Crippen LogP contribution in [0.4, 0.5) is 0 Å². The molecule has 0 spiro atoms. The number of nitrogens with one attached hydrogen (secondary N) is 1. The average molecular weight is 423 g/mol. The third-order valence-corrected chi connectivity index (χ3v) is 4.11. The Bertz CT molecular complexity index is 668. The Morgan fingerprint density at radius 1 is 1.10 bits per heavy atom. The Labute approximate surface area is 175 Å². The zero-order valence-corrected chi connectivity index (χ0v) is 17.4. The van der Waals surface area contributed by atoms with Crippen LogP contribution in [0.15, 0.2) is 17.3 Å². The molecule has 1 rings (SSSR count). The van der Waals surface area contributed by atoms with Crippen molar-refractivity contribution in [2.24, 2.45) is 11.1 Å². The molecule has 0 fully saturated rings. The number of oxime groups is 1. The fraction of sp³-hybridized carbons (Fsp3) is 0.600. The van der Waals surface area contributed by atoms with Gasteiger partial charge >= 0.3 is 0 Å². The first kappa shape index (κ1) is 25.2. The summed E-state index contributed by atoms with van der Waals surface area (Å²) in [5.41, 5.74) is 0. The van der Waals surface area contributed by atoms with Crippen molar-refractivity contribution in [3.05, 3.63) is 12.2 Å². The van der Waals surface area contributed by atoms with E-state index >= 15 is 0 Å². The first-order valence-corrected chi connectivity index (χ1v) is 9.87. The van der Waals surface area contributed by atoms with Crippen molar-refractivity contribution < 1.29 is 33.5 Å². The Morgan fingerprint density at radius 3 is 2.47 bits per heavy atom. The molecule has 0 aromatic heterocycles. The van der Waals surface area contributed by atoms with Crippen molar-refractivity contribution in [3.8, 4) is 0 Å². The number of nitrogens with zero attached hydrogens (tertiary/aromatic N) is 2. The van der Waals surface area contributed by atoms with Gasteiger partial charge in [0.15, 0.2) is 12.4 Å². The van der Waals surface area contributed by atoms with E-state index in [1.54, 1.807) is 13.8 Å². The van der Waals surface area contributed by atoms with E-state index in [-0.39, 0.29) is 69.1 Å². The Morgan fingerprint density at radius 2 is 1.80 bits per heavy atom. The molecule has 0 aromatic rings. The number of Topliss-reactive ketones (excluding diaryl/α,β-unsaturated/α-hetero) is 2. The Hall–Kier alpha value is -2.88. The zero-order valence-electron chi connectivity index (χ0n) is 17.4. The molecule has 0 bridgehead atoms. The largest absolute Gasteiger partial charge is 0.388 e. The molecule has 1 aliphatic rings. The second kappa shape index (κ2) is 14.2. The molecule has 10 nitrogen and oxygen atoms in total. The van der Waals surface area contributed by atoms with Crippen molar-refractivity contribution >= 4 is 35.5 Å². The fourth-order valence-corrected chi connectivity index (χ4v) is 2.23. The van der Waals surface area contributed by atoms with Crippen LogP contribution in [0.5, 0.6) is 0 Å². The number of hydrogen-bond acceptors (Lipinski definition) is 8. The van der Waals surface area contributed by atoms with Gasteiger partial charge in [-0.05, 0) is 6.42 Å². The minimum atomic E-state index is -0.416. The van der Waals surface area contributed by atoms with E-state index in [4.69, 9.17) is 9.57 Å². The van der Waals surface area contributed by atoms with Gasteiger partial charge in [0.05, 0.1) is 13.2 Å². The summed E-state index contributed by atoms with van der Waals surface area (Å²) in [6.07, 6.45) is 4.80. The second-order valence-corrected chi connectivity index (χ2v) is 6.88. The van der Waals surface area contributed by atoms with Crippen LogP contribution in [0, 0.1) is 5.92 Å². The normalized spacial score (nSPS) is 13.5. The van der Waals surface area contributed by atoms with E-state index in [0.717, 1.165) is 4.90 Å². The molecule has 10 heteroatoms. The molecule has 166 valence electrons. The number of imide groups is 1. The van der Waals surface area contributed by atoms with E-state index in [1.807, 2.05) is 0 Å². The van der Waals surface area contributed by atoms with Crippen molar-refractivity contribution in [2.75, 3.05) is 32.9 Å². The lowest BCUT2D eigenvalue weighted by Gasteiger charge is -2.13. The van der Waals surface area contributed by atoms with Crippen LogP contribution in [-0.2, 0) is 33.5 Å². The zero-order chi connectivity index (χ0) is 22.4. The van der Waals surface area contributed by atoms with Crippen LogP contribution in [0.25, 0.3) is 0 Å². The highest BCUT2D eigenvalue weighted by Gasteiger charge is 2.23. The van der Waals surface area contributed by atoms with Crippen molar-refractivity contribution in [3.63, 3.8) is 0 Å². The van der Waals surface area contributed by atoms with Crippen LogP contribution in [0.2, 0.25) is 0 Å². The van der Waals surface area contributed by atoms with Crippen LogP contribution in [0.1, 0.15) is 39.5 Å². The summed E-state index contributed by atoms with van der Waals surface area (Å²) in [5, 5.41) is 6.26. The van der Waals surface area contributed by atoms with Gasteiger partial charge in [-0.3, -0.25) is 28.9 Å². The third-order valence-electron chi connectivity index (χ3n) is 4.11. The maximum Gasteiger partial charge on any atom is 0.253 e. The lowest BCUT2D eigenvalue weighted by atomic mass is 10.1. The summed E-state index contributed by atoms with van der Waals surface area (Å²) in [6.45, 7) is 4.29. The molecule has 0 radical (unpaired) electrons. The number of amides is 3. The summed E-state index contributed by atoms with van der Waals surface area (Å²) in [7, 11) is 0. The number of hydrogen-bond donors (Lipinski definition) is 1. The summed E-state index contributed by atoms with van der Waals surface area (Å²) in [6, 6.07) is 0. The number of carbonyl (C=O) groups is 5. The molecule has 0 atom stereocenters. The molecule has 1 N–H and O–H groups in total. The van der Waals surface area contributed by atoms with Crippen LogP contribution in [0.3, 0.4) is 0 Å². The molecule has 0 unspecified atom stereocenters. The van der Waals surface area contributed by atoms with Gasteiger partial charge in [0, 0.05) is 56.6 Å². The van der Waals surface area contributed by atoms with E-state index in [0.29, 0.717) is 12.8 Å². The molecular formula is C20H29N3O7. The number of ether oxygens (including phenoxy) is 1. The minimum absolute atomic E-state index is 0.0114. The number of ketones is 2. The van der Waals surface area contributed by atoms with Crippen molar-refractivity contribution in [2.45, 2.75) is 39.5 Å². The minimum Gasteiger partial charge on any atom is -0.388 e. The topological polar surface area (TPSA) is 131 Å². The molecular weight excluding hydrogens is 394 g/mol. The molecule has 0 saturated heterocycles. The van der Waals surface area contributed by atoms with Gasteiger partial charge in [0.1, 0.15) is 5.78 Å². The summed E-state index contributed by atoms with van der Waals surface area (Å²) in [5.74, 6) is -1.25. The fourth-order valence-electron chi connectivity index (χ4n) is 2.23. The van der Waals surface area contributed by atoms with Gasteiger partial charge in [-0.15, -0.1) is 0 Å². The number of rotatable bonds is 16. The third kappa shape index (κ3) is 10.6. The maximum absolute atomic E-state index is 11.7. The predicted octanol–water partition coefficient (Wildman–Crippen LogP) is 0.401. The first-order chi connectivity index (χ1) is 14.3. The van der Waals surface area contributed by atoms with Crippen LogP contribution >= 0.6 is 0 Å². The standard InChI is InChI=1S/C20H29N3O7/c1-15(2)17(25)14-30-22-9-3-4-16(24)8-12-29-13-10-21-18(26)7-11-23-19(27)5-6-20(23)28/h5-6,9,15H,3-4,7-8,10-14H2,1-2H3,(H,21,26). The quantitative estimate of drug-likeness (QED) is 0.164. The summed E-state index contributed by atoms with van der Waals surface area (Å²) >= 11 is 0. The Kier molecular flexibility index (Phi) is 11.9. The SMILES string of the molecule is CC(C)C(=O)CON=CCCC(=O)CCOCCNC(=O)CCN1C(=O)C=CC1=O. The van der Waals surface area contributed by atoms with Gasteiger partial charge in [-0.1, -0.05) is 19.0 Å². The predicted molar refractivity (Wildman–Crippen MR) is 107 cm³/mol. The number of carbonyl (C=O) groups excluding carboxylic acids is 5. The van der Waals surface area contributed by atoms with Gasteiger partial charge < -0.3 is 14.9 Å². The second-order valence-electron chi connectivity index (χ2n) is 6.88. The highest BCUT2D eigenvalue weighted by Crippen LogP contribution is 2.04. The lowest BCUT2D eigenvalue weighted by Crippen LogP contribution is -2.35. The monoisotopic (exact) mass is 423 g/mol. The molecule has 1 heterocycles. The molecule has 0 saturated carbocycles. The molecule has 1 aliphatic heterocycles. The first-order valence-electron chi connectivity index (χ1n) is 9.87. The van der Waals surface area contributed by atoms with Gasteiger partial charge in [-0.25, -0.2) is 0 Å². The summed E-state index contributed by atoms with van der Waals surface area (Å²) < 4.78 is 5.30. The lowest BCUT2D eigenvalue weighted by molar-refractivity contribution is -0.137. The smallest absolute Gasteiger partial charge is 0.253 e. The van der Waals surface area contributed by atoms with Gasteiger partial charge in [-0.2, -0.15) is 0 Å². The molecule has 3 amide bonds.